The maximum Gasteiger partial charge on any atom is 0.282 e. The Morgan fingerprint density at radius 3 is 2.64 bits per heavy atom. The van der Waals surface area contributed by atoms with Crippen LogP contribution in [0.15, 0.2) is 18.2 Å². The summed E-state index contributed by atoms with van der Waals surface area (Å²) in [6.45, 7) is 4.07. The average Bonchev–Trinajstić information content (AvgIpc) is 3.00. The molecule has 6 nitrogen and oxygen atoms in total. The molecule has 2 aliphatic heterocycles. The lowest BCUT2D eigenvalue weighted by Gasteiger charge is -2.35. The molecule has 2 heterocycles. The van der Waals surface area contributed by atoms with Gasteiger partial charge in [0, 0.05) is 50.6 Å². The Bertz CT molecular complexity index is 650. The molecule has 1 aromatic carbocycles. The molecule has 2 saturated heterocycles. The van der Waals surface area contributed by atoms with Crippen LogP contribution in [0.3, 0.4) is 0 Å². The lowest BCUT2D eigenvalue weighted by Crippen LogP contribution is -2.50. The van der Waals surface area contributed by atoms with Gasteiger partial charge in [-0.05, 0) is 18.2 Å². The number of ether oxygens (including phenoxy) is 1. The monoisotopic (exact) mass is 367 g/mol. The minimum absolute atomic E-state index is 0.00108. The number of hydrogen-bond acceptors (Lipinski definition) is 5. The summed E-state index contributed by atoms with van der Waals surface area (Å²) in [5.74, 6) is 1.15. The number of piperazine rings is 1. The van der Waals surface area contributed by atoms with Crippen LogP contribution in [-0.2, 0) is 11.3 Å². The minimum Gasteiger partial charge on any atom is -0.496 e. The van der Waals surface area contributed by atoms with Crippen LogP contribution >= 0.6 is 11.8 Å². The zero-order valence-electron chi connectivity index (χ0n) is 14.2. The summed E-state index contributed by atoms with van der Waals surface area (Å²) in [6.07, 6.45) is 0. The molecule has 0 radical (unpaired) electrons. The van der Waals surface area contributed by atoms with Crippen molar-refractivity contribution in [2.45, 2.75) is 6.54 Å². The minimum atomic E-state index is -0.280. The Labute approximate surface area is 150 Å². The first-order valence-corrected chi connectivity index (χ1v) is 9.29. The van der Waals surface area contributed by atoms with Gasteiger partial charge in [0.2, 0.25) is 5.91 Å². The molecule has 0 unspecified atom stereocenters. The lowest BCUT2D eigenvalue weighted by molar-refractivity contribution is -0.133. The number of carbonyl (C=O) groups is 2. The van der Waals surface area contributed by atoms with E-state index in [4.69, 9.17) is 4.74 Å². The van der Waals surface area contributed by atoms with Crippen molar-refractivity contribution in [1.29, 1.82) is 0 Å². The van der Waals surface area contributed by atoms with Crippen LogP contribution in [0.5, 0.6) is 5.75 Å². The van der Waals surface area contributed by atoms with Crippen molar-refractivity contribution in [2.75, 3.05) is 52.1 Å². The first-order chi connectivity index (χ1) is 12.1. The fraction of sp³-hybridized carbons (Fsp3) is 0.529. The van der Waals surface area contributed by atoms with Crippen molar-refractivity contribution < 1.29 is 18.7 Å². The molecule has 3 rings (SSSR count). The molecule has 0 N–H and O–H groups in total. The van der Waals surface area contributed by atoms with Crippen molar-refractivity contribution in [3.05, 3.63) is 29.6 Å². The SMILES string of the molecule is COc1ccc(F)cc1CN1CCN(C(=O)CN2CCSC2=O)CC1. The number of hydrogen-bond donors (Lipinski definition) is 0. The number of benzene rings is 1. The summed E-state index contributed by atoms with van der Waals surface area (Å²) in [7, 11) is 1.57. The summed E-state index contributed by atoms with van der Waals surface area (Å²) >= 11 is 1.27. The molecule has 136 valence electrons. The second kappa shape index (κ2) is 8.05. The van der Waals surface area contributed by atoms with Gasteiger partial charge in [0.05, 0.1) is 7.11 Å². The number of amides is 2. The van der Waals surface area contributed by atoms with Gasteiger partial charge in [-0.25, -0.2) is 4.39 Å². The predicted octanol–water partition coefficient (Wildman–Crippen LogP) is 1.65. The van der Waals surface area contributed by atoms with Crippen LogP contribution in [0.25, 0.3) is 0 Å². The first-order valence-electron chi connectivity index (χ1n) is 8.31. The second-order valence-electron chi connectivity index (χ2n) is 6.15. The highest BCUT2D eigenvalue weighted by molar-refractivity contribution is 8.13. The topological polar surface area (TPSA) is 53.1 Å². The summed E-state index contributed by atoms with van der Waals surface area (Å²) in [5.41, 5.74) is 0.807. The average molecular weight is 367 g/mol. The maximum absolute atomic E-state index is 13.5. The van der Waals surface area contributed by atoms with Crippen LogP contribution in [0.2, 0.25) is 0 Å². The summed E-state index contributed by atoms with van der Waals surface area (Å²) in [5, 5.41) is -0.00909. The molecule has 0 saturated carbocycles. The van der Waals surface area contributed by atoms with E-state index in [-0.39, 0.29) is 23.5 Å². The molecular weight excluding hydrogens is 345 g/mol. The standard InChI is InChI=1S/C17H22FN3O3S/c1-24-15-3-2-14(18)10-13(15)11-19-4-6-20(7-5-19)16(22)12-21-8-9-25-17(21)23/h2-3,10H,4-9,11-12H2,1H3. The Kier molecular flexibility index (Phi) is 5.80. The summed E-state index contributed by atoms with van der Waals surface area (Å²) in [4.78, 5) is 29.5. The normalized spacial score (nSPS) is 18.7. The van der Waals surface area contributed by atoms with Gasteiger partial charge in [-0.1, -0.05) is 11.8 Å². The van der Waals surface area contributed by atoms with E-state index >= 15 is 0 Å². The van der Waals surface area contributed by atoms with Crippen LogP contribution < -0.4 is 4.74 Å². The molecule has 2 fully saturated rings. The highest BCUT2D eigenvalue weighted by atomic mass is 32.2. The molecule has 0 bridgehead atoms. The van der Waals surface area contributed by atoms with Gasteiger partial charge < -0.3 is 14.5 Å². The van der Waals surface area contributed by atoms with E-state index in [9.17, 15) is 14.0 Å². The van der Waals surface area contributed by atoms with Gasteiger partial charge in [-0.2, -0.15) is 0 Å². The quantitative estimate of drug-likeness (QED) is 0.792. The molecule has 0 aliphatic carbocycles. The second-order valence-corrected chi connectivity index (χ2v) is 7.20. The molecule has 2 aliphatic rings. The number of rotatable bonds is 5. The van der Waals surface area contributed by atoms with Gasteiger partial charge >= 0.3 is 0 Å². The van der Waals surface area contributed by atoms with Crippen molar-refractivity contribution in [3.8, 4) is 5.75 Å². The van der Waals surface area contributed by atoms with Gasteiger partial charge in [-0.3, -0.25) is 14.5 Å². The fourth-order valence-electron chi connectivity index (χ4n) is 3.10. The largest absolute Gasteiger partial charge is 0.496 e. The van der Waals surface area contributed by atoms with Crippen LogP contribution in [0, 0.1) is 5.82 Å². The van der Waals surface area contributed by atoms with E-state index in [1.54, 1.807) is 23.0 Å². The van der Waals surface area contributed by atoms with Crippen molar-refractivity contribution in [3.63, 3.8) is 0 Å². The van der Waals surface area contributed by atoms with Gasteiger partial charge in [-0.15, -0.1) is 0 Å². The zero-order chi connectivity index (χ0) is 17.8. The highest BCUT2D eigenvalue weighted by Crippen LogP contribution is 2.22. The molecule has 0 atom stereocenters. The van der Waals surface area contributed by atoms with Gasteiger partial charge in [0.15, 0.2) is 0 Å². The summed E-state index contributed by atoms with van der Waals surface area (Å²) in [6, 6.07) is 4.51. The van der Waals surface area contributed by atoms with E-state index in [2.05, 4.69) is 4.90 Å². The van der Waals surface area contributed by atoms with Gasteiger partial charge in [0.25, 0.3) is 5.24 Å². The van der Waals surface area contributed by atoms with Crippen molar-refractivity contribution in [2.24, 2.45) is 0 Å². The molecule has 1 aromatic rings. The van der Waals surface area contributed by atoms with Crippen molar-refractivity contribution >= 4 is 22.9 Å². The maximum atomic E-state index is 13.5. The fourth-order valence-corrected chi connectivity index (χ4v) is 3.92. The van der Waals surface area contributed by atoms with Gasteiger partial charge in [0.1, 0.15) is 18.1 Å². The Balaban J connectivity index is 1.51. The van der Waals surface area contributed by atoms with E-state index in [0.717, 1.165) is 11.3 Å². The number of thioether (sulfide) groups is 1. The summed E-state index contributed by atoms with van der Waals surface area (Å²) < 4.78 is 18.8. The number of methoxy groups -OCH3 is 1. The number of carbonyl (C=O) groups excluding carboxylic acids is 2. The van der Waals surface area contributed by atoms with Crippen LogP contribution in [0.1, 0.15) is 5.56 Å². The van der Waals surface area contributed by atoms with Crippen molar-refractivity contribution in [1.82, 2.24) is 14.7 Å². The Morgan fingerprint density at radius 1 is 1.24 bits per heavy atom. The van der Waals surface area contributed by atoms with E-state index in [1.807, 2.05) is 0 Å². The number of nitrogens with zero attached hydrogens (tertiary/aromatic N) is 3. The third-order valence-electron chi connectivity index (χ3n) is 4.53. The Morgan fingerprint density at radius 2 is 2.00 bits per heavy atom. The lowest BCUT2D eigenvalue weighted by atomic mass is 10.1. The van der Waals surface area contributed by atoms with E-state index in [1.165, 1.54) is 23.9 Å². The number of halogens is 1. The zero-order valence-corrected chi connectivity index (χ0v) is 15.1. The van der Waals surface area contributed by atoms with E-state index in [0.29, 0.717) is 45.0 Å². The predicted molar refractivity (Wildman–Crippen MR) is 94.2 cm³/mol. The van der Waals surface area contributed by atoms with E-state index < -0.39 is 0 Å². The molecule has 8 heteroatoms. The third kappa shape index (κ3) is 4.43. The third-order valence-corrected chi connectivity index (χ3v) is 5.42. The molecule has 0 spiro atoms. The molecule has 0 aromatic heterocycles. The highest BCUT2D eigenvalue weighted by Gasteiger charge is 2.27. The first kappa shape index (κ1) is 18.0. The van der Waals surface area contributed by atoms with Crippen LogP contribution in [0.4, 0.5) is 9.18 Å². The Hall–Kier alpha value is -1.80. The molecule has 25 heavy (non-hydrogen) atoms. The smallest absolute Gasteiger partial charge is 0.282 e. The van der Waals surface area contributed by atoms with Crippen LogP contribution in [-0.4, -0.2) is 78.0 Å². The molecule has 2 amide bonds. The molecular formula is C17H22FN3O3S.